The molecule has 2 heterocycles. The van der Waals surface area contributed by atoms with Gasteiger partial charge in [0.25, 0.3) is 0 Å². The maximum atomic E-state index is 9.21. The van der Waals surface area contributed by atoms with Crippen molar-refractivity contribution in [1.29, 1.82) is 0 Å². The summed E-state index contributed by atoms with van der Waals surface area (Å²) in [6, 6.07) is 0. The molecule has 2 aliphatic rings. The molecule has 2 saturated heterocycles. The molecule has 0 aromatic rings. The average Bonchev–Trinajstić information content (AvgIpc) is 2.73. The van der Waals surface area contributed by atoms with Gasteiger partial charge in [-0.15, -0.1) is 0 Å². The first-order valence-electron chi connectivity index (χ1n) is 3.38. The molecule has 0 aromatic heterocycles. The third-order valence-corrected chi connectivity index (χ3v) is 1.83. The van der Waals surface area contributed by atoms with E-state index in [9.17, 15) is 10.2 Å². The van der Waals surface area contributed by atoms with Crippen molar-refractivity contribution in [2.75, 3.05) is 13.2 Å². The fourth-order valence-corrected chi connectivity index (χ4v) is 0.945. The molecule has 0 bridgehead atoms. The molecule has 0 aliphatic carbocycles. The summed E-state index contributed by atoms with van der Waals surface area (Å²) in [5, 5.41) is 18.4. The maximum absolute atomic E-state index is 9.21. The van der Waals surface area contributed by atoms with E-state index in [-0.39, 0.29) is 12.2 Å². The quantitative estimate of drug-likeness (QED) is 0.476. The van der Waals surface area contributed by atoms with Crippen LogP contribution in [0.5, 0.6) is 0 Å². The number of aliphatic hydroxyl groups is 2. The van der Waals surface area contributed by atoms with Crippen LogP contribution in [0.3, 0.4) is 0 Å². The summed E-state index contributed by atoms with van der Waals surface area (Å²) in [4.78, 5) is 0. The van der Waals surface area contributed by atoms with Crippen LogP contribution in [0.4, 0.5) is 0 Å². The number of hydrogen-bond donors (Lipinski definition) is 2. The summed E-state index contributed by atoms with van der Waals surface area (Å²) in [5.41, 5.74) is 0. The maximum Gasteiger partial charge on any atom is 0.111 e. The van der Waals surface area contributed by atoms with Crippen molar-refractivity contribution in [3.8, 4) is 0 Å². The molecule has 10 heavy (non-hydrogen) atoms. The molecule has 4 heteroatoms. The third-order valence-electron chi connectivity index (χ3n) is 1.83. The molecule has 0 radical (unpaired) electrons. The number of hydrogen-bond acceptors (Lipinski definition) is 4. The van der Waals surface area contributed by atoms with Gasteiger partial charge in [-0.1, -0.05) is 0 Å². The van der Waals surface area contributed by atoms with Crippen LogP contribution in [0, 0.1) is 0 Å². The molecule has 4 nitrogen and oxygen atoms in total. The van der Waals surface area contributed by atoms with Crippen LogP contribution in [0.15, 0.2) is 0 Å². The van der Waals surface area contributed by atoms with E-state index in [4.69, 9.17) is 9.47 Å². The minimum absolute atomic E-state index is 0.154. The van der Waals surface area contributed by atoms with Crippen LogP contribution in [-0.2, 0) is 9.47 Å². The lowest BCUT2D eigenvalue weighted by atomic mass is 10.1. The summed E-state index contributed by atoms with van der Waals surface area (Å²) in [6.07, 6.45) is -1.82. The lowest BCUT2D eigenvalue weighted by molar-refractivity contribution is -0.0116. The minimum atomic E-state index is -0.757. The van der Waals surface area contributed by atoms with E-state index in [0.717, 1.165) is 0 Å². The van der Waals surface area contributed by atoms with Gasteiger partial charge in [0.05, 0.1) is 13.2 Å². The number of rotatable bonds is 3. The predicted molar refractivity (Wildman–Crippen MR) is 31.5 cm³/mol. The zero-order valence-electron chi connectivity index (χ0n) is 5.43. The predicted octanol–water partition coefficient (Wildman–Crippen LogP) is -1.49. The van der Waals surface area contributed by atoms with Gasteiger partial charge in [0, 0.05) is 0 Å². The smallest absolute Gasteiger partial charge is 0.111 e. The van der Waals surface area contributed by atoms with Crippen LogP contribution in [0.2, 0.25) is 0 Å². The topological polar surface area (TPSA) is 65.5 Å². The van der Waals surface area contributed by atoms with E-state index in [2.05, 4.69) is 0 Å². The molecule has 0 unspecified atom stereocenters. The first-order valence-corrected chi connectivity index (χ1v) is 3.38. The first-order chi connectivity index (χ1) is 4.79. The molecule has 4 atom stereocenters. The van der Waals surface area contributed by atoms with Gasteiger partial charge in [0.2, 0.25) is 0 Å². The molecule has 2 fully saturated rings. The molecule has 2 N–H and O–H groups in total. The third kappa shape index (κ3) is 1.15. The van der Waals surface area contributed by atoms with Crippen molar-refractivity contribution in [2.45, 2.75) is 24.4 Å². The summed E-state index contributed by atoms with van der Waals surface area (Å²) in [7, 11) is 0. The molecule has 0 aromatic carbocycles. The second-order valence-electron chi connectivity index (χ2n) is 2.72. The minimum Gasteiger partial charge on any atom is -0.388 e. The highest BCUT2D eigenvalue weighted by Crippen LogP contribution is 2.23. The number of epoxide rings is 2. The Morgan fingerprint density at radius 1 is 1.00 bits per heavy atom. The van der Waals surface area contributed by atoms with Gasteiger partial charge in [-0.3, -0.25) is 0 Å². The summed E-state index contributed by atoms with van der Waals surface area (Å²) >= 11 is 0. The van der Waals surface area contributed by atoms with Crippen LogP contribution >= 0.6 is 0 Å². The summed E-state index contributed by atoms with van der Waals surface area (Å²) < 4.78 is 9.61. The molecule has 58 valence electrons. The SMILES string of the molecule is O[C@@H]([C@H](O)[C@@H]1CO1)[C@@H]1CO1. The molecule has 0 spiro atoms. The average molecular weight is 146 g/mol. The monoisotopic (exact) mass is 146 g/mol. The second-order valence-corrected chi connectivity index (χ2v) is 2.72. The lowest BCUT2D eigenvalue weighted by Crippen LogP contribution is -2.35. The Kier molecular flexibility index (Phi) is 1.42. The van der Waals surface area contributed by atoms with E-state index in [0.29, 0.717) is 13.2 Å². The Bertz CT molecular complexity index is 114. The fourth-order valence-electron chi connectivity index (χ4n) is 0.945. The highest BCUT2D eigenvalue weighted by molar-refractivity contribution is 4.91. The first kappa shape index (κ1) is 6.54. The largest absolute Gasteiger partial charge is 0.388 e. The van der Waals surface area contributed by atoms with Crippen molar-refractivity contribution in [3.63, 3.8) is 0 Å². The van der Waals surface area contributed by atoms with Gasteiger partial charge in [0.1, 0.15) is 24.4 Å². The van der Waals surface area contributed by atoms with Gasteiger partial charge in [0.15, 0.2) is 0 Å². The van der Waals surface area contributed by atoms with Crippen LogP contribution < -0.4 is 0 Å². The lowest BCUT2D eigenvalue weighted by Gasteiger charge is -2.12. The van der Waals surface area contributed by atoms with E-state index in [1.54, 1.807) is 0 Å². The zero-order valence-corrected chi connectivity index (χ0v) is 5.43. The zero-order chi connectivity index (χ0) is 7.14. The van der Waals surface area contributed by atoms with E-state index < -0.39 is 12.2 Å². The molecule has 0 saturated carbocycles. The van der Waals surface area contributed by atoms with Gasteiger partial charge in [-0.25, -0.2) is 0 Å². The van der Waals surface area contributed by atoms with Crippen LogP contribution in [0.25, 0.3) is 0 Å². The summed E-state index contributed by atoms with van der Waals surface area (Å²) in [6.45, 7) is 1.12. The molecular formula is C6H10O4. The molecular weight excluding hydrogens is 136 g/mol. The molecule has 2 rings (SSSR count). The Balaban J connectivity index is 1.83. The molecule has 2 aliphatic heterocycles. The van der Waals surface area contributed by atoms with Crippen molar-refractivity contribution < 1.29 is 19.7 Å². The van der Waals surface area contributed by atoms with Crippen molar-refractivity contribution in [3.05, 3.63) is 0 Å². The fraction of sp³-hybridized carbons (Fsp3) is 1.00. The van der Waals surface area contributed by atoms with E-state index >= 15 is 0 Å². The highest BCUT2D eigenvalue weighted by atomic mass is 16.6. The Morgan fingerprint density at radius 3 is 1.50 bits per heavy atom. The van der Waals surface area contributed by atoms with Gasteiger partial charge in [-0.2, -0.15) is 0 Å². The standard InChI is InChI=1S/C6H10O4/c7-5(3-1-9-3)6(8)4-2-10-4/h3-8H,1-2H2/t3-,4-,5+,6+/m0/s1. The van der Waals surface area contributed by atoms with Gasteiger partial charge in [-0.05, 0) is 0 Å². The van der Waals surface area contributed by atoms with E-state index in [1.807, 2.05) is 0 Å². The Labute approximate surface area is 58.4 Å². The number of aliphatic hydroxyl groups excluding tert-OH is 2. The highest BCUT2D eigenvalue weighted by Gasteiger charge is 2.43. The van der Waals surface area contributed by atoms with Crippen molar-refractivity contribution in [2.24, 2.45) is 0 Å². The van der Waals surface area contributed by atoms with Crippen LogP contribution in [0.1, 0.15) is 0 Å². The Hall–Kier alpha value is -0.160. The van der Waals surface area contributed by atoms with Gasteiger partial charge < -0.3 is 19.7 Å². The van der Waals surface area contributed by atoms with Crippen LogP contribution in [-0.4, -0.2) is 47.8 Å². The number of ether oxygens (including phenoxy) is 2. The van der Waals surface area contributed by atoms with E-state index in [1.165, 1.54) is 0 Å². The summed E-state index contributed by atoms with van der Waals surface area (Å²) in [5.74, 6) is 0. The van der Waals surface area contributed by atoms with Crippen molar-refractivity contribution in [1.82, 2.24) is 0 Å². The Morgan fingerprint density at radius 2 is 1.30 bits per heavy atom. The normalized spacial score (nSPS) is 42.6. The van der Waals surface area contributed by atoms with Crippen molar-refractivity contribution >= 4 is 0 Å². The second kappa shape index (κ2) is 2.17. The molecule has 0 amide bonds. The van der Waals surface area contributed by atoms with Gasteiger partial charge >= 0.3 is 0 Å².